The average molecular weight is 1310 g/mol. The van der Waals surface area contributed by atoms with Gasteiger partial charge in [0.1, 0.15) is 42.3 Å². The normalized spacial score (nSPS) is 11.7. The Hall–Kier alpha value is -9.78. The van der Waals surface area contributed by atoms with Gasteiger partial charge in [-0.3, -0.25) is 0 Å². The van der Waals surface area contributed by atoms with E-state index in [4.69, 9.17) is 8.22 Å². The molecule has 0 aliphatic heterocycles. The van der Waals surface area contributed by atoms with Crippen molar-refractivity contribution in [3.8, 4) is 67.5 Å². The monoisotopic (exact) mass is 1310 g/mol. The molecule has 6 aromatic heterocycles. The summed E-state index contributed by atoms with van der Waals surface area (Å²) in [7, 11) is 12.2. The van der Waals surface area contributed by atoms with Crippen LogP contribution in [0.3, 0.4) is 0 Å². The molecule has 12 rings (SSSR count). The van der Waals surface area contributed by atoms with Crippen molar-refractivity contribution in [3.63, 3.8) is 0 Å². The maximum absolute atomic E-state index is 7.64. The molecule has 0 spiro atoms. The molecule has 0 radical (unpaired) electrons. The highest BCUT2D eigenvalue weighted by molar-refractivity contribution is 5.67. The summed E-state index contributed by atoms with van der Waals surface area (Å²) >= 11 is 0. The number of aromatic nitrogens is 6. The van der Waals surface area contributed by atoms with Crippen molar-refractivity contribution in [3.05, 3.63) is 320 Å². The van der Waals surface area contributed by atoms with Gasteiger partial charge in [-0.15, -0.1) is 0 Å². The Bertz CT molecular complexity index is 4930. The quantitative estimate of drug-likeness (QED) is 0.129. The van der Waals surface area contributed by atoms with Crippen molar-refractivity contribution in [2.24, 2.45) is 42.3 Å². The second-order valence-electron chi connectivity index (χ2n) is 26.5. The van der Waals surface area contributed by atoms with E-state index in [1.807, 2.05) is 74.3 Å². The van der Waals surface area contributed by atoms with Crippen LogP contribution in [-0.4, -0.2) is 0 Å². The van der Waals surface area contributed by atoms with E-state index in [1.165, 1.54) is 106 Å². The second kappa shape index (κ2) is 35.5. The minimum Gasteiger partial charge on any atom is -0.201 e. The molecule has 504 valence electrons. The van der Waals surface area contributed by atoms with Crippen molar-refractivity contribution in [2.75, 3.05) is 0 Å². The number of benzene rings is 6. The lowest BCUT2D eigenvalue weighted by Gasteiger charge is -2.10. The molecule has 0 bridgehead atoms. The molecule has 6 heterocycles. The molecule has 0 saturated carbocycles. The van der Waals surface area contributed by atoms with E-state index in [-0.39, 0.29) is 0 Å². The van der Waals surface area contributed by atoms with Crippen LogP contribution in [-0.2, 0) is 55.1 Å². The summed E-state index contributed by atoms with van der Waals surface area (Å²) in [6, 6.07) is 67.8. The van der Waals surface area contributed by atoms with E-state index < -0.39 is 13.7 Å². The zero-order valence-electron chi connectivity index (χ0n) is 68.6. The summed E-state index contributed by atoms with van der Waals surface area (Å²) in [5.74, 6) is 0.576. The minimum atomic E-state index is -2.07. The van der Waals surface area contributed by atoms with E-state index in [0.717, 1.165) is 52.0 Å². The van der Waals surface area contributed by atoms with E-state index in [2.05, 4.69) is 318 Å². The summed E-state index contributed by atoms with van der Waals surface area (Å²) < 4.78 is 58.2. The lowest BCUT2D eigenvalue weighted by atomic mass is 9.97. The first-order valence-electron chi connectivity index (χ1n) is 37.5. The third-order valence-electron chi connectivity index (χ3n) is 18.9. The SMILES string of the molecule is CCc1cc[n+](C)c(-c2ccccc2C)c1.CCc1ccc(-c2ccccc2C)[n+](C)c1.Cc1ccccc1-c1c(C)c(C)cc[n+]1C.Cc1ccccc1-c1ccc(C(C)C)c[n+]1C.[2H]C([2H])([2H])c1c[n+](C)c(-c2ccccc2C)c(C)c1C.[2H]C([2H])([2H])c1c[n+](C)c(-c2ccccc2C)cc1C. The lowest BCUT2D eigenvalue weighted by Crippen LogP contribution is -2.33. The third kappa shape index (κ3) is 19.3. The summed E-state index contributed by atoms with van der Waals surface area (Å²) in [4.78, 5) is 0. The number of pyridine rings is 6. The molecule has 0 aliphatic rings. The van der Waals surface area contributed by atoms with Crippen LogP contribution in [0.5, 0.6) is 0 Å². The van der Waals surface area contributed by atoms with Gasteiger partial charge < -0.3 is 0 Å². The predicted molar refractivity (Wildman–Crippen MR) is 413 cm³/mol. The number of nitrogens with zero attached hydrogens (tertiary/aromatic N) is 6. The molecule has 6 heteroatoms. The molecule has 0 unspecified atom stereocenters. The van der Waals surface area contributed by atoms with Gasteiger partial charge in [0.15, 0.2) is 37.2 Å². The Morgan fingerprint density at radius 3 is 1.08 bits per heavy atom. The Balaban J connectivity index is 0.000000175. The van der Waals surface area contributed by atoms with Crippen LogP contribution in [0, 0.1) is 89.9 Å². The molecule has 6 aromatic carbocycles. The van der Waals surface area contributed by atoms with Gasteiger partial charge in [0.25, 0.3) is 0 Å². The first-order chi connectivity index (χ1) is 49.2. The smallest absolute Gasteiger partial charge is 0.201 e. The third-order valence-corrected chi connectivity index (χ3v) is 18.9. The molecular formula is C92H112N6+6. The maximum atomic E-state index is 7.64. The topological polar surface area (TPSA) is 23.3 Å². The van der Waals surface area contributed by atoms with Crippen LogP contribution in [0.4, 0.5) is 0 Å². The molecule has 0 amide bonds. The van der Waals surface area contributed by atoms with Gasteiger partial charge in [0.05, 0.1) is 0 Å². The van der Waals surface area contributed by atoms with Gasteiger partial charge in [0.2, 0.25) is 34.2 Å². The van der Waals surface area contributed by atoms with Crippen LogP contribution in [0.15, 0.2) is 231 Å². The van der Waals surface area contributed by atoms with Crippen molar-refractivity contribution in [1.82, 2.24) is 0 Å². The number of hydrogen-bond acceptors (Lipinski definition) is 0. The molecule has 0 saturated heterocycles. The van der Waals surface area contributed by atoms with Crippen LogP contribution in [0.1, 0.15) is 131 Å². The molecule has 0 atom stereocenters. The Kier molecular flexibility index (Phi) is 24.2. The lowest BCUT2D eigenvalue weighted by molar-refractivity contribution is -0.661. The van der Waals surface area contributed by atoms with Crippen molar-refractivity contribution < 1.29 is 35.6 Å². The van der Waals surface area contributed by atoms with Crippen molar-refractivity contribution >= 4 is 0 Å². The molecule has 0 N–H and O–H groups in total. The maximum Gasteiger partial charge on any atom is 0.215 e. The Morgan fingerprint density at radius 1 is 0.286 bits per heavy atom. The van der Waals surface area contributed by atoms with Crippen LogP contribution < -0.4 is 27.4 Å². The summed E-state index contributed by atoms with van der Waals surface area (Å²) in [5, 5.41) is 0. The standard InChI is InChI=1S/2C16H20N.4C15H18N/c1-11-8-6-7-9-15(11)16-14(4)13(3)12(2)10-17(16)5;1-12(2)14-9-10-16(17(4)11-14)15-8-6-5-7-13(15)3;1-11-7-5-6-8-14(11)15-9-12(2)13(3)10-16(15)4;1-11-9-10-16(4)15(13(11)3)14-8-6-5-7-12(14)2;1-4-13-9-10-16(3)15(11-13)14-8-6-5-7-12(14)2;1-4-13-9-10-15(16(3)11-13)14-8-6-5-7-12(14)2/h6-10H,1-5H3;5-12H,1-4H3;2*5-10H,1-4H3;2*5-11H,4H2,1-3H3/q6*+1/i2D3;;3D3;;;. The number of aryl methyl sites for hydroxylation is 18. The van der Waals surface area contributed by atoms with Gasteiger partial charge in [-0.05, 0) is 213 Å². The van der Waals surface area contributed by atoms with Gasteiger partial charge in [0, 0.05) is 111 Å². The molecular weight excluding hydrogens is 1190 g/mol. The fourth-order valence-corrected chi connectivity index (χ4v) is 12.3. The summed E-state index contributed by atoms with van der Waals surface area (Å²) in [5.41, 5.74) is 32.8. The molecule has 12 aromatic rings. The van der Waals surface area contributed by atoms with Crippen molar-refractivity contribution in [2.45, 2.75) is 136 Å². The van der Waals surface area contributed by atoms with E-state index in [9.17, 15) is 0 Å². The number of hydrogen-bond donors (Lipinski definition) is 0. The first-order valence-corrected chi connectivity index (χ1v) is 34.5. The highest BCUT2D eigenvalue weighted by atomic mass is 14.9. The van der Waals surface area contributed by atoms with Crippen molar-refractivity contribution in [1.29, 1.82) is 0 Å². The van der Waals surface area contributed by atoms with E-state index in [0.29, 0.717) is 17.0 Å². The van der Waals surface area contributed by atoms with Crippen LogP contribution >= 0.6 is 0 Å². The highest BCUT2D eigenvalue weighted by Gasteiger charge is 2.21. The van der Waals surface area contributed by atoms with Gasteiger partial charge in [-0.2, -0.15) is 0 Å². The first kappa shape index (κ1) is 66.8. The molecule has 0 aliphatic carbocycles. The zero-order chi connectivity index (χ0) is 76.5. The van der Waals surface area contributed by atoms with E-state index in [1.54, 1.807) is 12.4 Å². The number of rotatable bonds is 9. The Labute approximate surface area is 599 Å². The molecule has 6 nitrogen and oxygen atoms in total. The summed E-state index contributed by atoms with van der Waals surface area (Å²) in [6.45, 7) is 27.5. The fourth-order valence-electron chi connectivity index (χ4n) is 12.3. The second-order valence-corrected chi connectivity index (χ2v) is 26.5. The van der Waals surface area contributed by atoms with Crippen LogP contribution in [0.25, 0.3) is 67.5 Å². The predicted octanol–water partition coefficient (Wildman–Crippen LogP) is 19.3. The largest absolute Gasteiger partial charge is 0.215 e. The zero-order valence-corrected chi connectivity index (χ0v) is 62.6. The van der Waals surface area contributed by atoms with Gasteiger partial charge >= 0.3 is 0 Å². The molecule has 98 heavy (non-hydrogen) atoms. The van der Waals surface area contributed by atoms with E-state index >= 15 is 0 Å². The molecule has 0 fully saturated rings. The Morgan fingerprint density at radius 2 is 0.663 bits per heavy atom. The van der Waals surface area contributed by atoms with Gasteiger partial charge in [-0.25, -0.2) is 27.4 Å². The summed E-state index contributed by atoms with van der Waals surface area (Å²) in [6.07, 6.45) is 14.3. The highest BCUT2D eigenvalue weighted by Crippen LogP contribution is 2.29. The van der Waals surface area contributed by atoms with Gasteiger partial charge in [-0.1, -0.05) is 137 Å². The average Bonchev–Trinajstić information content (AvgIpc) is 0.787. The fraction of sp³-hybridized carbons (Fsp3) is 0.283. The van der Waals surface area contributed by atoms with Crippen LogP contribution in [0.2, 0.25) is 0 Å². The minimum absolute atomic E-state index is 0.410.